The Bertz CT molecular complexity index is 966. The van der Waals surface area contributed by atoms with Crippen LogP contribution in [0.2, 0.25) is 5.02 Å². The summed E-state index contributed by atoms with van der Waals surface area (Å²) in [5, 5.41) is 2.05. The standard InChI is InChI=1S/C21H23ClN4OS/c22-15-4-6-16(7-5-15)27-13-12-25-8-10-26(11-9-25)20-19-17-2-1-3-18(17)28-21(19)24-14-23-20/h4-7,14H,1-3,8-13H2. The Morgan fingerprint density at radius 2 is 1.86 bits per heavy atom. The Morgan fingerprint density at radius 3 is 2.68 bits per heavy atom. The molecule has 0 spiro atoms. The van der Waals surface area contributed by atoms with Gasteiger partial charge < -0.3 is 9.64 Å². The summed E-state index contributed by atoms with van der Waals surface area (Å²) in [5.74, 6) is 2.01. The highest BCUT2D eigenvalue weighted by molar-refractivity contribution is 7.19. The smallest absolute Gasteiger partial charge is 0.141 e. The molecule has 2 aromatic heterocycles. The van der Waals surface area contributed by atoms with Gasteiger partial charge in [0.25, 0.3) is 0 Å². The molecule has 28 heavy (non-hydrogen) atoms. The lowest BCUT2D eigenvalue weighted by atomic mass is 10.1. The third kappa shape index (κ3) is 3.56. The molecule has 0 N–H and O–H groups in total. The number of hydrogen-bond acceptors (Lipinski definition) is 6. The second-order valence-corrected chi connectivity index (χ2v) is 8.89. The Labute approximate surface area is 173 Å². The molecule has 0 radical (unpaired) electrons. The van der Waals surface area contributed by atoms with Gasteiger partial charge in [0.15, 0.2) is 0 Å². The maximum absolute atomic E-state index is 5.91. The Kier molecular flexibility index (Phi) is 5.09. The van der Waals surface area contributed by atoms with Crippen LogP contribution >= 0.6 is 22.9 Å². The molecular weight excluding hydrogens is 392 g/mol. The van der Waals surface area contributed by atoms with Gasteiger partial charge in [0, 0.05) is 42.6 Å². The monoisotopic (exact) mass is 414 g/mol. The van der Waals surface area contributed by atoms with Crippen molar-refractivity contribution in [3.05, 3.63) is 46.1 Å². The van der Waals surface area contributed by atoms with E-state index < -0.39 is 0 Å². The Balaban J connectivity index is 1.20. The molecule has 0 amide bonds. The molecule has 5 rings (SSSR count). The zero-order chi connectivity index (χ0) is 18.9. The van der Waals surface area contributed by atoms with Gasteiger partial charge in [0.2, 0.25) is 0 Å². The first-order valence-corrected chi connectivity index (χ1v) is 11.1. The van der Waals surface area contributed by atoms with Crippen LogP contribution in [0, 0.1) is 0 Å². The van der Waals surface area contributed by atoms with Gasteiger partial charge in [-0.3, -0.25) is 4.90 Å². The third-order valence-corrected chi connectivity index (χ3v) is 7.09. The van der Waals surface area contributed by atoms with Gasteiger partial charge in [-0.2, -0.15) is 0 Å². The van der Waals surface area contributed by atoms with Gasteiger partial charge in [-0.1, -0.05) is 11.6 Å². The van der Waals surface area contributed by atoms with Crippen molar-refractivity contribution >= 4 is 39.0 Å². The highest BCUT2D eigenvalue weighted by atomic mass is 35.5. The maximum atomic E-state index is 5.91. The van der Waals surface area contributed by atoms with E-state index in [1.54, 1.807) is 6.33 Å². The number of fused-ring (bicyclic) bond motifs is 3. The van der Waals surface area contributed by atoms with Gasteiger partial charge in [-0.05, 0) is 49.1 Å². The second kappa shape index (κ2) is 7.85. The van der Waals surface area contributed by atoms with E-state index in [1.165, 1.54) is 35.1 Å². The van der Waals surface area contributed by atoms with Crippen LogP contribution in [0.5, 0.6) is 5.75 Å². The van der Waals surface area contributed by atoms with Crippen molar-refractivity contribution < 1.29 is 4.74 Å². The molecule has 146 valence electrons. The van der Waals surface area contributed by atoms with E-state index in [4.69, 9.17) is 16.3 Å². The highest BCUT2D eigenvalue weighted by Crippen LogP contribution is 2.40. The molecular formula is C21H23ClN4OS. The summed E-state index contributed by atoms with van der Waals surface area (Å²) in [6, 6.07) is 7.55. The number of anilines is 1. The van der Waals surface area contributed by atoms with Crippen LogP contribution in [0.15, 0.2) is 30.6 Å². The minimum Gasteiger partial charge on any atom is -0.492 e. The lowest BCUT2D eigenvalue weighted by molar-refractivity contribution is 0.200. The predicted octanol–water partition coefficient (Wildman–Crippen LogP) is 4.03. The summed E-state index contributed by atoms with van der Waals surface area (Å²) in [4.78, 5) is 16.8. The molecule has 1 fully saturated rings. The van der Waals surface area contributed by atoms with Gasteiger partial charge in [-0.25, -0.2) is 9.97 Å². The molecule has 1 aliphatic heterocycles. The number of piperazine rings is 1. The fourth-order valence-electron chi connectivity index (χ4n) is 4.16. The molecule has 5 nitrogen and oxygen atoms in total. The van der Waals surface area contributed by atoms with Crippen LogP contribution in [0.3, 0.4) is 0 Å². The number of aryl methyl sites for hydroxylation is 2. The van der Waals surface area contributed by atoms with Crippen LogP contribution in [0.25, 0.3) is 10.2 Å². The number of rotatable bonds is 5. The van der Waals surface area contributed by atoms with Crippen molar-refractivity contribution in [1.29, 1.82) is 0 Å². The third-order valence-electron chi connectivity index (χ3n) is 5.64. The zero-order valence-corrected chi connectivity index (χ0v) is 17.3. The summed E-state index contributed by atoms with van der Waals surface area (Å²) in [6.07, 6.45) is 5.39. The van der Waals surface area contributed by atoms with E-state index in [0.717, 1.165) is 54.1 Å². The normalized spacial score (nSPS) is 17.2. The molecule has 3 aromatic rings. The number of ether oxygens (including phenoxy) is 1. The molecule has 0 atom stereocenters. The van der Waals surface area contributed by atoms with E-state index in [-0.39, 0.29) is 0 Å². The minimum absolute atomic E-state index is 0.692. The number of halogens is 1. The quantitative estimate of drug-likeness (QED) is 0.630. The molecule has 1 aromatic carbocycles. The molecule has 1 aliphatic carbocycles. The van der Waals surface area contributed by atoms with Crippen molar-refractivity contribution in [3.63, 3.8) is 0 Å². The first kappa shape index (κ1) is 18.2. The molecule has 1 saturated heterocycles. The van der Waals surface area contributed by atoms with Crippen molar-refractivity contribution in [3.8, 4) is 5.75 Å². The molecule has 0 bridgehead atoms. The van der Waals surface area contributed by atoms with Gasteiger partial charge in [0.05, 0.1) is 5.39 Å². The largest absolute Gasteiger partial charge is 0.492 e. The maximum Gasteiger partial charge on any atom is 0.141 e. The zero-order valence-electron chi connectivity index (χ0n) is 15.7. The predicted molar refractivity (Wildman–Crippen MR) is 115 cm³/mol. The van der Waals surface area contributed by atoms with Gasteiger partial charge in [-0.15, -0.1) is 11.3 Å². The number of nitrogens with zero attached hydrogens (tertiary/aromatic N) is 4. The summed E-state index contributed by atoms with van der Waals surface area (Å²) >= 11 is 7.78. The van der Waals surface area contributed by atoms with E-state index in [2.05, 4.69) is 19.8 Å². The first-order chi connectivity index (χ1) is 13.8. The van der Waals surface area contributed by atoms with Crippen LogP contribution in [0.4, 0.5) is 5.82 Å². The molecule has 7 heteroatoms. The fourth-order valence-corrected chi connectivity index (χ4v) is 5.51. The lowest BCUT2D eigenvalue weighted by Gasteiger charge is -2.35. The van der Waals surface area contributed by atoms with E-state index in [1.807, 2.05) is 35.6 Å². The lowest BCUT2D eigenvalue weighted by Crippen LogP contribution is -2.47. The Hall–Kier alpha value is -1.89. The van der Waals surface area contributed by atoms with Crippen molar-refractivity contribution in [2.45, 2.75) is 19.3 Å². The highest BCUT2D eigenvalue weighted by Gasteiger charge is 2.25. The van der Waals surface area contributed by atoms with E-state index in [9.17, 15) is 0 Å². The van der Waals surface area contributed by atoms with Gasteiger partial charge in [0.1, 0.15) is 29.3 Å². The SMILES string of the molecule is Clc1ccc(OCCN2CCN(c3ncnc4sc5c(c34)CCC5)CC2)cc1. The van der Waals surface area contributed by atoms with Crippen molar-refractivity contribution in [1.82, 2.24) is 14.9 Å². The molecule has 2 aliphatic rings. The fraction of sp³-hybridized carbons (Fsp3) is 0.429. The average molecular weight is 415 g/mol. The number of benzene rings is 1. The van der Waals surface area contributed by atoms with Gasteiger partial charge >= 0.3 is 0 Å². The minimum atomic E-state index is 0.692. The van der Waals surface area contributed by atoms with Crippen LogP contribution < -0.4 is 9.64 Å². The number of aromatic nitrogens is 2. The molecule has 0 saturated carbocycles. The van der Waals surface area contributed by atoms with Crippen molar-refractivity contribution in [2.75, 3.05) is 44.2 Å². The average Bonchev–Trinajstić information content (AvgIpc) is 3.31. The van der Waals surface area contributed by atoms with Crippen LogP contribution in [-0.4, -0.2) is 54.2 Å². The molecule has 0 unspecified atom stereocenters. The van der Waals surface area contributed by atoms with E-state index in [0.29, 0.717) is 6.61 Å². The second-order valence-electron chi connectivity index (χ2n) is 7.37. The summed E-state index contributed by atoms with van der Waals surface area (Å²) in [6.45, 7) is 5.68. The van der Waals surface area contributed by atoms with E-state index >= 15 is 0 Å². The summed E-state index contributed by atoms with van der Waals surface area (Å²) < 4.78 is 5.84. The van der Waals surface area contributed by atoms with Crippen molar-refractivity contribution in [2.24, 2.45) is 0 Å². The molecule has 3 heterocycles. The number of thiophene rings is 1. The van der Waals surface area contributed by atoms with Crippen LogP contribution in [0.1, 0.15) is 16.9 Å². The number of hydrogen-bond donors (Lipinski definition) is 0. The topological polar surface area (TPSA) is 41.5 Å². The Morgan fingerprint density at radius 1 is 1.04 bits per heavy atom. The van der Waals surface area contributed by atoms with Crippen LogP contribution in [-0.2, 0) is 12.8 Å². The summed E-state index contributed by atoms with van der Waals surface area (Å²) in [7, 11) is 0. The first-order valence-electron chi connectivity index (χ1n) is 9.89. The summed E-state index contributed by atoms with van der Waals surface area (Å²) in [5.41, 5.74) is 1.51.